The molecule has 0 nitrogen and oxygen atoms in total. The van der Waals surface area contributed by atoms with Crippen molar-refractivity contribution in [3.8, 4) is 0 Å². The van der Waals surface area contributed by atoms with Crippen molar-refractivity contribution in [1.82, 2.24) is 0 Å². The van der Waals surface area contributed by atoms with E-state index in [-0.39, 0.29) is 17.1 Å². The predicted octanol–water partition coefficient (Wildman–Crippen LogP) is 4.70. The van der Waals surface area contributed by atoms with Crippen molar-refractivity contribution in [2.45, 2.75) is 26.7 Å². The molecule has 2 aromatic carbocycles. The Morgan fingerprint density at radius 2 is 1.88 bits per heavy atom. The maximum absolute atomic E-state index is 3.28. The maximum Gasteiger partial charge on any atom is 0 e. The molecule has 16 heavy (non-hydrogen) atoms. The minimum atomic E-state index is 0. The van der Waals surface area contributed by atoms with Crippen LogP contribution < -0.4 is 0 Å². The zero-order chi connectivity index (χ0) is 11.1. The summed E-state index contributed by atoms with van der Waals surface area (Å²) in [5.41, 5.74) is 2.93. The van der Waals surface area contributed by atoms with Crippen LogP contribution in [-0.2, 0) is 29.9 Å². The first-order chi connectivity index (χ1) is 7.26. The number of rotatable bonds is 2. The largest absolute Gasteiger partial charge is 0.747 e. The van der Waals surface area contributed by atoms with Gasteiger partial charge in [0.1, 0.15) is 0 Å². The molecule has 0 radical (unpaired) electrons. The summed E-state index contributed by atoms with van der Waals surface area (Å²) in [5.74, 6) is 0. The van der Waals surface area contributed by atoms with Gasteiger partial charge in [0.15, 0.2) is 0 Å². The Morgan fingerprint density at radius 3 is 2.12 bits per heavy atom. The minimum Gasteiger partial charge on any atom is -0.747 e. The molecule has 2 heteroatoms. The molecule has 0 saturated heterocycles. The van der Waals surface area contributed by atoms with Gasteiger partial charge in [-0.2, -0.15) is 23.3 Å². The molecule has 0 N–H and O–H groups in total. The number of aryl methyl sites for hydroxylation is 2. The molecule has 2 aromatic rings. The van der Waals surface area contributed by atoms with Gasteiger partial charge in [-0.05, 0) is 0 Å². The molecule has 0 saturated carbocycles. The number of halogens is 1. The van der Waals surface area contributed by atoms with Crippen molar-refractivity contribution < 1.29 is 17.1 Å². The van der Waals surface area contributed by atoms with E-state index in [1.165, 1.54) is 24.0 Å². The first kappa shape index (κ1) is 15.7. The molecule has 0 amide bonds. The molecule has 0 heterocycles. The summed E-state index contributed by atoms with van der Waals surface area (Å²) in [6, 6.07) is 14.7. The van der Waals surface area contributed by atoms with Crippen LogP contribution in [0.4, 0.5) is 0 Å². The van der Waals surface area contributed by atoms with Gasteiger partial charge in [0.25, 0.3) is 0 Å². The van der Waals surface area contributed by atoms with Crippen LogP contribution in [0, 0.1) is 0 Å². The van der Waals surface area contributed by atoms with Gasteiger partial charge in [-0.15, -0.1) is 0 Å². The zero-order valence-corrected chi connectivity index (χ0v) is 12.4. The average Bonchev–Trinajstić information content (AvgIpc) is 2.88. The molecule has 0 unspecified atom stereocenters. The van der Waals surface area contributed by atoms with Gasteiger partial charge in [0, 0.05) is 17.1 Å². The van der Waals surface area contributed by atoms with E-state index in [0.29, 0.717) is 0 Å². The van der Waals surface area contributed by atoms with Crippen molar-refractivity contribution in [1.29, 1.82) is 0 Å². The van der Waals surface area contributed by atoms with Gasteiger partial charge in [-0.1, -0.05) is 26.7 Å². The minimum absolute atomic E-state index is 0. The van der Waals surface area contributed by atoms with Crippen LogP contribution >= 0.6 is 15.9 Å². The van der Waals surface area contributed by atoms with Crippen LogP contribution in [0.1, 0.15) is 25.0 Å². The Labute approximate surface area is 117 Å². The van der Waals surface area contributed by atoms with E-state index < -0.39 is 0 Å². The summed E-state index contributed by atoms with van der Waals surface area (Å²) in [6.45, 7) is 4.38. The second kappa shape index (κ2) is 8.81. The molecule has 0 fully saturated rings. The maximum atomic E-state index is 3.28. The second-order valence-electron chi connectivity index (χ2n) is 3.44. The fourth-order valence-electron chi connectivity index (χ4n) is 1.34. The van der Waals surface area contributed by atoms with E-state index in [9.17, 15) is 0 Å². The van der Waals surface area contributed by atoms with Gasteiger partial charge in [-0.25, -0.2) is 6.07 Å². The van der Waals surface area contributed by atoms with Crippen LogP contribution in [0.5, 0.6) is 0 Å². The Hall–Kier alpha value is -0.301. The fourth-order valence-corrected chi connectivity index (χ4v) is 1.64. The van der Waals surface area contributed by atoms with Crippen molar-refractivity contribution in [2.24, 2.45) is 0 Å². The van der Waals surface area contributed by atoms with Crippen LogP contribution in [0.3, 0.4) is 0 Å². The topological polar surface area (TPSA) is 0 Å². The monoisotopic (exact) mass is 320 g/mol. The smallest absolute Gasteiger partial charge is 0 e. The third kappa shape index (κ3) is 5.69. The van der Waals surface area contributed by atoms with Crippen molar-refractivity contribution in [2.75, 3.05) is 0 Å². The molecular weight excluding hydrogens is 304 g/mol. The molecule has 0 bridgehead atoms. The Bertz CT molecular complexity index is 341. The summed E-state index contributed by atoms with van der Waals surface area (Å²) < 4.78 is 1.16. The van der Waals surface area contributed by atoms with Gasteiger partial charge in [-0.3, -0.25) is 0 Å². The molecule has 0 aliphatic rings. The molecule has 0 spiro atoms. The Morgan fingerprint density at radius 1 is 1.25 bits per heavy atom. The van der Waals surface area contributed by atoms with Crippen LogP contribution in [0.25, 0.3) is 0 Å². The number of hydrogen-bond acceptors (Lipinski definition) is 0. The van der Waals surface area contributed by atoms with Crippen molar-refractivity contribution in [3.05, 3.63) is 58.1 Å². The van der Waals surface area contributed by atoms with E-state index in [1.54, 1.807) is 0 Å². The molecule has 2 rings (SSSR count). The third-order valence-corrected chi connectivity index (χ3v) is 2.85. The molecule has 94 valence electrons. The van der Waals surface area contributed by atoms with Crippen LogP contribution in [0.2, 0.25) is 0 Å². The first-order valence-electron chi connectivity index (χ1n) is 5.38. The number of hydrogen-bond donors (Lipinski definition) is 0. The van der Waals surface area contributed by atoms with Crippen molar-refractivity contribution >= 4 is 15.9 Å². The van der Waals surface area contributed by atoms with Gasteiger partial charge in [0.2, 0.25) is 0 Å². The van der Waals surface area contributed by atoms with E-state index in [2.05, 4.69) is 48.0 Å². The van der Waals surface area contributed by atoms with E-state index in [0.717, 1.165) is 4.47 Å². The quantitative estimate of drug-likeness (QED) is 0.556. The van der Waals surface area contributed by atoms with Crippen LogP contribution in [-0.4, -0.2) is 0 Å². The second-order valence-corrected chi connectivity index (χ2v) is 4.35. The Kier molecular flexibility index (Phi) is 8.64. The predicted molar refractivity (Wildman–Crippen MR) is 70.5 cm³/mol. The fraction of sp³-hybridized carbons (Fsp3) is 0.286. The van der Waals surface area contributed by atoms with Crippen LogP contribution in [0.15, 0.2) is 46.9 Å². The first-order valence-corrected chi connectivity index (χ1v) is 6.17. The SMILES string of the molecule is Br[c-]1[cH-][cH-][cH-][cH-]1.CCc1cc[c-](CC)c1.[Fe]. The van der Waals surface area contributed by atoms with Gasteiger partial charge in [0.05, 0.1) is 0 Å². The van der Waals surface area contributed by atoms with Gasteiger partial charge < -0.3 is 44.7 Å². The van der Waals surface area contributed by atoms with Crippen molar-refractivity contribution in [3.63, 3.8) is 0 Å². The molecule has 0 aliphatic heterocycles. The molecular formula is C14H17BrFe-6. The van der Waals surface area contributed by atoms with E-state index >= 15 is 0 Å². The molecule has 0 atom stereocenters. The van der Waals surface area contributed by atoms with E-state index in [4.69, 9.17) is 0 Å². The third-order valence-electron chi connectivity index (χ3n) is 2.32. The normalized spacial score (nSPS) is 8.94. The molecule has 0 aliphatic carbocycles. The van der Waals surface area contributed by atoms with E-state index in [1.807, 2.05) is 24.3 Å². The summed E-state index contributed by atoms with van der Waals surface area (Å²) >= 11 is 3.28. The molecule has 0 aromatic heterocycles. The van der Waals surface area contributed by atoms with Gasteiger partial charge >= 0.3 is 0 Å². The summed E-state index contributed by atoms with van der Waals surface area (Å²) in [4.78, 5) is 0. The standard InChI is InChI=1S/C9H13.C5H4Br.Fe/c1-3-8-5-6-9(4-2)7-8;6-5-3-1-2-4-5;/h5-7H,3-4H2,1-2H3;1-4H;/q-1;-5;. The average molecular weight is 321 g/mol. The zero-order valence-electron chi connectivity index (χ0n) is 9.69. The Balaban J connectivity index is 0.000000283. The summed E-state index contributed by atoms with van der Waals surface area (Å²) in [7, 11) is 0. The summed E-state index contributed by atoms with van der Waals surface area (Å²) in [6.07, 6.45) is 2.33. The summed E-state index contributed by atoms with van der Waals surface area (Å²) in [5, 5.41) is 0.